The third-order valence-corrected chi connectivity index (χ3v) is 7.88. The Hall–Kier alpha value is -1.96. The van der Waals surface area contributed by atoms with Crippen LogP contribution in [0.1, 0.15) is 81.0 Å². The van der Waals surface area contributed by atoms with Gasteiger partial charge in [-0.3, -0.25) is 4.98 Å². The fraction of sp³-hybridized carbons (Fsp3) is 0.500. The second-order valence-corrected chi connectivity index (χ2v) is 8.86. The highest BCUT2D eigenvalue weighted by molar-refractivity contribution is 6.04. The maximum Gasteiger partial charge on any atom is 0.222 e. The third-order valence-electron chi connectivity index (χ3n) is 7.88. The van der Waals surface area contributed by atoms with Crippen LogP contribution in [0.15, 0.2) is 30.5 Å². The number of pyridine rings is 2. The zero-order valence-electron chi connectivity index (χ0n) is 15.9. The SMILES string of the molecule is CCC1(CC)Cc2ccnc3ccc4cc5c([n+]1c4c23)C1CCCC5C1. The minimum absolute atomic E-state index is 0.226. The summed E-state index contributed by atoms with van der Waals surface area (Å²) in [5.41, 5.74) is 7.76. The van der Waals surface area contributed by atoms with Gasteiger partial charge in [0, 0.05) is 42.3 Å². The third kappa shape index (κ3) is 1.69. The van der Waals surface area contributed by atoms with Crippen molar-refractivity contribution >= 4 is 21.8 Å². The van der Waals surface area contributed by atoms with Crippen molar-refractivity contribution in [1.29, 1.82) is 0 Å². The molecule has 2 atom stereocenters. The van der Waals surface area contributed by atoms with Gasteiger partial charge in [0.05, 0.1) is 10.9 Å². The first kappa shape index (κ1) is 15.1. The Morgan fingerprint density at radius 3 is 2.81 bits per heavy atom. The fourth-order valence-electron chi connectivity index (χ4n) is 6.52. The Bertz CT molecular complexity index is 1060. The molecule has 1 aliphatic heterocycles. The Morgan fingerprint density at radius 1 is 1.12 bits per heavy atom. The summed E-state index contributed by atoms with van der Waals surface area (Å²) in [7, 11) is 0. The molecule has 3 aromatic rings. The number of fused-ring (bicyclic) bond motifs is 6. The van der Waals surface area contributed by atoms with Crippen molar-refractivity contribution in [3.8, 4) is 0 Å². The molecular weight excluding hydrogens is 316 g/mol. The molecule has 2 nitrogen and oxygen atoms in total. The molecule has 26 heavy (non-hydrogen) atoms. The Kier molecular flexibility index (Phi) is 2.94. The highest BCUT2D eigenvalue weighted by atomic mass is 15.1. The van der Waals surface area contributed by atoms with Crippen LogP contribution in [-0.2, 0) is 12.0 Å². The van der Waals surface area contributed by atoms with Gasteiger partial charge in [-0.05, 0) is 55.0 Å². The molecule has 6 rings (SSSR count). The Morgan fingerprint density at radius 2 is 1.96 bits per heavy atom. The van der Waals surface area contributed by atoms with Gasteiger partial charge in [-0.2, -0.15) is 4.57 Å². The summed E-state index contributed by atoms with van der Waals surface area (Å²) in [6.45, 7) is 4.80. The van der Waals surface area contributed by atoms with E-state index in [1.54, 1.807) is 11.3 Å². The van der Waals surface area contributed by atoms with Crippen LogP contribution < -0.4 is 4.57 Å². The van der Waals surface area contributed by atoms with Crippen molar-refractivity contribution in [2.45, 2.75) is 76.2 Å². The second kappa shape index (κ2) is 5.06. The summed E-state index contributed by atoms with van der Waals surface area (Å²) in [5.74, 6) is 1.58. The lowest BCUT2D eigenvalue weighted by molar-refractivity contribution is -0.751. The van der Waals surface area contributed by atoms with E-state index in [4.69, 9.17) is 4.98 Å². The van der Waals surface area contributed by atoms with E-state index < -0.39 is 0 Å². The van der Waals surface area contributed by atoms with Crippen LogP contribution in [0, 0.1) is 0 Å². The van der Waals surface area contributed by atoms with Gasteiger partial charge in [0.25, 0.3) is 0 Å². The van der Waals surface area contributed by atoms with Crippen molar-refractivity contribution in [2.24, 2.45) is 0 Å². The number of hydrogen-bond acceptors (Lipinski definition) is 1. The van der Waals surface area contributed by atoms with Crippen molar-refractivity contribution in [3.63, 3.8) is 0 Å². The lowest BCUT2D eigenvalue weighted by Crippen LogP contribution is -2.61. The minimum Gasteiger partial charge on any atom is -0.256 e. The first-order chi connectivity index (χ1) is 12.8. The lowest BCUT2D eigenvalue weighted by Gasteiger charge is -2.34. The van der Waals surface area contributed by atoms with Gasteiger partial charge in [0.2, 0.25) is 5.52 Å². The molecule has 0 spiro atoms. The number of benzene rings is 1. The molecule has 0 radical (unpaired) electrons. The van der Waals surface area contributed by atoms with Crippen LogP contribution in [0.2, 0.25) is 0 Å². The molecule has 2 unspecified atom stereocenters. The highest BCUT2D eigenvalue weighted by Gasteiger charge is 2.50. The highest BCUT2D eigenvalue weighted by Crippen LogP contribution is 2.52. The molecule has 2 aliphatic carbocycles. The summed E-state index contributed by atoms with van der Waals surface area (Å²) in [6, 6.07) is 9.39. The van der Waals surface area contributed by atoms with E-state index in [0.717, 1.165) is 18.3 Å². The minimum atomic E-state index is 0.226. The second-order valence-electron chi connectivity index (χ2n) is 8.86. The van der Waals surface area contributed by atoms with Gasteiger partial charge >= 0.3 is 0 Å². The Balaban J connectivity index is 1.86. The van der Waals surface area contributed by atoms with Gasteiger partial charge in [-0.25, -0.2) is 0 Å². The predicted molar refractivity (Wildman–Crippen MR) is 106 cm³/mol. The van der Waals surface area contributed by atoms with E-state index in [9.17, 15) is 0 Å². The van der Waals surface area contributed by atoms with Gasteiger partial charge in [-0.15, -0.1) is 0 Å². The number of hydrogen-bond donors (Lipinski definition) is 0. The molecule has 0 saturated heterocycles. The molecule has 1 saturated carbocycles. The molecule has 1 fully saturated rings. The smallest absolute Gasteiger partial charge is 0.222 e. The monoisotopic (exact) mass is 343 g/mol. The molecule has 2 bridgehead atoms. The first-order valence-electron chi connectivity index (χ1n) is 10.6. The van der Waals surface area contributed by atoms with Crippen LogP contribution in [0.25, 0.3) is 21.8 Å². The average Bonchev–Trinajstić information content (AvgIpc) is 2.94. The zero-order valence-corrected chi connectivity index (χ0v) is 15.9. The molecule has 132 valence electrons. The van der Waals surface area contributed by atoms with Crippen LogP contribution >= 0.6 is 0 Å². The van der Waals surface area contributed by atoms with Crippen LogP contribution in [0.3, 0.4) is 0 Å². The molecule has 3 aliphatic rings. The summed E-state index contributed by atoms with van der Waals surface area (Å²) < 4.78 is 2.85. The summed E-state index contributed by atoms with van der Waals surface area (Å²) in [5, 5.41) is 2.86. The van der Waals surface area contributed by atoms with Gasteiger partial charge in [-0.1, -0.05) is 20.3 Å². The standard InChI is InChI=1S/C24H27N2/c1-3-24(4-2)14-18-10-11-25-20-9-8-17-13-19-15-6-5-7-16(12-15)22(19)26(24)23(17)21(18)20/h8-11,13,15-16H,3-7,12,14H2,1-2H3/q+1. The van der Waals surface area contributed by atoms with Crippen molar-refractivity contribution < 1.29 is 4.57 Å². The maximum atomic E-state index is 4.71. The molecule has 0 N–H and O–H groups in total. The normalized spacial score (nSPS) is 25.2. The fourth-order valence-corrected chi connectivity index (χ4v) is 6.52. The zero-order chi connectivity index (χ0) is 17.5. The van der Waals surface area contributed by atoms with E-state index in [0.29, 0.717) is 0 Å². The van der Waals surface area contributed by atoms with Gasteiger partial charge < -0.3 is 0 Å². The molecule has 0 amide bonds. The van der Waals surface area contributed by atoms with Crippen LogP contribution in [0.4, 0.5) is 0 Å². The Labute approximate surface area is 155 Å². The molecule has 2 aromatic heterocycles. The van der Waals surface area contributed by atoms with E-state index in [1.165, 1.54) is 65.9 Å². The van der Waals surface area contributed by atoms with Gasteiger partial charge in [0.15, 0.2) is 11.2 Å². The number of rotatable bonds is 2. The average molecular weight is 343 g/mol. The maximum absolute atomic E-state index is 4.71. The van der Waals surface area contributed by atoms with Crippen molar-refractivity contribution in [1.82, 2.24) is 4.98 Å². The van der Waals surface area contributed by atoms with E-state index in [2.05, 4.69) is 42.7 Å². The van der Waals surface area contributed by atoms with Gasteiger partial charge in [0.1, 0.15) is 0 Å². The molecule has 2 heteroatoms. The van der Waals surface area contributed by atoms with E-state index >= 15 is 0 Å². The van der Waals surface area contributed by atoms with E-state index in [-0.39, 0.29) is 5.54 Å². The quantitative estimate of drug-likeness (QED) is 0.443. The summed E-state index contributed by atoms with van der Waals surface area (Å²) in [6.07, 6.45) is 11.1. The van der Waals surface area contributed by atoms with Crippen LogP contribution in [0.5, 0.6) is 0 Å². The number of nitrogens with zero attached hydrogens (tertiary/aromatic N) is 2. The molecular formula is C24H27N2+. The molecule has 3 heterocycles. The van der Waals surface area contributed by atoms with Crippen molar-refractivity contribution in [2.75, 3.05) is 0 Å². The lowest BCUT2D eigenvalue weighted by atomic mass is 9.79. The first-order valence-corrected chi connectivity index (χ1v) is 10.6. The van der Waals surface area contributed by atoms with Crippen LogP contribution in [-0.4, -0.2) is 4.98 Å². The predicted octanol–water partition coefficient (Wildman–Crippen LogP) is 5.50. The summed E-state index contributed by atoms with van der Waals surface area (Å²) in [4.78, 5) is 4.71. The topological polar surface area (TPSA) is 16.8 Å². The largest absolute Gasteiger partial charge is 0.256 e. The van der Waals surface area contributed by atoms with Crippen molar-refractivity contribution in [3.05, 3.63) is 47.3 Å². The van der Waals surface area contributed by atoms with E-state index in [1.807, 2.05) is 6.20 Å². The molecule has 1 aromatic carbocycles. The number of aromatic nitrogens is 2. The summed E-state index contributed by atoms with van der Waals surface area (Å²) >= 11 is 0.